The van der Waals surface area contributed by atoms with E-state index in [1.165, 1.54) is 5.69 Å². The van der Waals surface area contributed by atoms with Crippen molar-refractivity contribution >= 4 is 38.9 Å². The van der Waals surface area contributed by atoms with Gasteiger partial charge in [0, 0.05) is 61.3 Å². The smallest absolute Gasteiger partial charge is 0.0730 e. The van der Waals surface area contributed by atoms with Crippen LogP contribution in [0.5, 0.6) is 0 Å². The molecule has 4 aromatic rings. The Morgan fingerprint density at radius 2 is 1.42 bits per heavy atom. The quantitative estimate of drug-likeness (QED) is 0.463. The van der Waals surface area contributed by atoms with E-state index in [1.54, 1.807) is 0 Å². The number of nitrogens with zero attached hydrogens (tertiary/aromatic N) is 4. The second kappa shape index (κ2) is 8.63. The van der Waals surface area contributed by atoms with Crippen molar-refractivity contribution < 1.29 is 0 Å². The molecule has 5 heteroatoms. The number of anilines is 3. The largest absolute Gasteiger partial charge is 0.369 e. The summed E-state index contributed by atoms with van der Waals surface area (Å²) < 4.78 is 0. The number of piperazine rings is 1. The van der Waals surface area contributed by atoms with E-state index in [-0.39, 0.29) is 0 Å². The van der Waals surface area contributed by atoms with Crippen molar-refractivity contribution in [2.45, 2.75) is 6.42 Å². The minimum Gasteiger partial charge on any atom is -0.369 e. The first-order valence-electron chi connectivity index (χ1n) is 10.8. The molecule has 1 aliphatic rings. The van der Waals surface area contributed by atoms with E-state index in [1.807, 2.05) is 12.1 Å². The van der Waals surface area contributed by atoms with Crippen molar-refractivity contribution in [1.82, 2.24) is 9.88 Å². The molecule has 0 bridgehead atoms. The van der Waals surface area contributed by atoms with Gasteiger partial charge in [-0.3, -0.25) is 4.90 Å². The van der Waals surface area contributed by atoms with Gasteiger partial charge in [0.15, 0.2) is 0 Å². The maximum absolute atomic E-state index is 8.78. The van der Waals surface area contributed by atoms with Crippen molar-refractivity contribution in [3.05, 3.63) is 72.8 Å². The summed E-state index contributed by atoms with van der Waals surface area (Å²) in [7, 11) is 0. The molecule has 0 spiro atoms. The zero-order valence-corrected chi connectivity index (χ0v) is 17.5. The molecule has 0 radical (unpaired) electrons. The van der Waals surface area contributed by atoms with E-state index < -0.39 is 0 Å². The highest BCUT2D eigenvalue weighted by molar-refractivity contribution is 6.08. The van der Waals surface area contributed by atoms with Gasteiger partial charge < -0.3 is 10.2 Å². The van der Waals surface area contributed by atoms with Gasteiger partial charge in [-0.1, -0.05) is 36.4 Å². The Morgan fingerprint density at radius 3 is 2.03 bits per heavy atom. The number of para-hydroxylation sites is 2. The predicted molar refractivity (Wildman–Crippen MR) is 128 cm³/mol. The molecule has 1 aromatic heterocycles. The molecule has 1 N–H and O–H groups in total. The lowest BCUT2D eigenvalue weighted by Gasteiger charge is -2.35. The van der Waals surface area contributed by atoms with E-state index >= 15 is 0 Å². The first-order chi connectivity index (χ1) is 15.3. The van der Waals surface area contributed by atoms with E-state index in [0.29, 0.717) is 6.42 Å². The Morgan fingerprint density at radius 1 is 0.806 bits per heavy atom. The van der Waals surface area contributed by atoms with Gasteiger partial charge in [-0.15, -0.1) is 0 Å². The summed E-state index contributed by atoms with van der Waals surface area (Å²) in [6.07, 6.45) is 0.610. The van der Waals surface area contributed by atoms with Gasteiger partial charge in [-0.25, -0.2) is 4.98 Å². The van der Waals surface area contributed by atoms with Crippen LogP contribution in [-0.4, -0.2) is 42.6 Å². The van der Waals surface area contributed by atoms with Crippen LogP contribution in [0.15, 0.2) is 72.8 Å². The zero-order chi connectivity index (χ0) is 21.0. The Hall–Kier alpha value is -3.62. The van der Waals surface area contributed by atoms with Crippen molar-refractivity contribution in [2.75, 3.05) is 42.9 Å². The fraction of sp³-hybridized carbons (Fsp3) is 0.231. The van der Waals surface area contributed by atoms with E-state index in [2.05, 4.69) is 81.8 Å². The fourth-order valence-corrected chi connectivity index (χ4v) is 4.31. The third-order valence-corrected chi connectivity index (χ3v) is 6.00. The highest BCUT2D eigenvalue weighted by Gasteiger charge is 2.17. The van der Waals surface area contributed by atoms with Gasteiger partial charge >= 0.3 is 0 Å². The molecule has 5 nitrogen and oxygen atoms in total. The molecule has 0 unspecified atom stereocenters. The van der Waals surface area contributed by atoms with Gasteiger partial charge in [0.25, 0.3) is 0 Å². The van der Waals surface area contributed by atoms with E-state index in [0.717, 1.165) is 65.9 Å². The summed E-state index contributed by atoms with van der Waals surface area (Å²) in [5.74, 6) is 0. The van der Waals surface area contributed by atoms with Crippen LogP contribution >= 0.6 is 0 Å². The standard InChI is InChI=1S/C26H25N5/c27-14-5-15-30-16-18-31(19-17-30)21-12-10-20(11-13-21)28-26-22-6-1-3-8-24(22)29-25-9-4-2-7-23(25)26/h1-4,6-13H,5,15-19H2,(H,28,29). The number of benzene rings is 3. The van der Waals surface area contributed by atoms with Crippen LogP contribution in [0.3, 0.4) is 0 Å². The minimum atomic E-state index is 0.610. The molecule has 0 amide bonds. The lowest BCUT2D eigenvalue weighted by atomic mass is 10.1. The second-order valence-electron chi connectivity index (χ2n) is 7.93. The molecular weight excluding hydrogens is 382 g/mol. The first kappa shape index (κ1) is 19.3. The van der Waals surface area contributed by atoms with Crippen molar-refractivity contribution in [3.63, 3.8) is 0 Å². The van der Waals surface area contributed by atoms with Gasteiger partial charge in [0.2, 0.25) is 0 Å². The van der Waals surface area contributed by atoms with Crippen molar-refractivity contribution in [1.29, 1.82) is 5.26 Å². The fourth-order valence-electron chi connectivity index (χ4n) is 4.31. The average molecular weight is 408 g/mol. The lowest BCUT2D eigenvalue weighted by molar-refractivity contribution is 0.263. The van der Waals surface area contributed by atoms with Gasteiger partial charge in [0.1, 0.15) is 0 Å². The molecule has 31 heavy (non-hydrogen) atoms. The summed E-state index contributed by atoms with van der Waals surface area (Å²) in [5, 5.41) is 14.7. The summed E-state index contributed by atoms with van der Waals surface area (Å²) in [5.41, 5.74) is 5.40. The first-order valence-corrected chi connectivity index (χ1v) is 10.8. The summed E-state index contributed by atoms with van der Waals surface area (Å²) in [6.45, 7) is 4.89. The predicted octanol–water partition coefficient (Wildman–Crippen LogP) is 5.17. The Labute approximate surface area is 182 Å². The number of hydrogen-bond donors (Lipinski definition) is 1. The zero-order valence-electron chi connectivity index (χ0n) is 17.5. The molecular formula is C26H25N5. The minimum absolute atomic E-state index is 0.610. The van der Waals surface area contributed by atoms with E-state index in [4.69, 9.17) is 10.2 Å². The summed E-state index contributed by atoms with van der Waals surface area (Å²) in [6, 6.07) is 27.5. The number of nitriles is 1. The van der Waals surface area contributed by atoms with Crippen molar-refractivity contribution in [3.8, 4) is 6.07 Å². The number of aromatic nitrogens is 1. The van der Waals surface area contributed by atoms with Crippen molar-refractivity contribution in [2.24, 2.45) is 0 Å². The number of hydrogen-bond acceptors (Lipinski definition) is 5. The topological polar surface area (TPSA) is 55.2 Å². The highest BCUT2D eigenvalue weighted by Crippen LogP contribution is 2.33. The molecule has 154 valence electrons. The van der Waals surface area contributed by atoms with E-state index in [9.17, 15) is 0 Å². The second-order valence-corrected chi connectivity index (χ2v) is 7.93. The van der Waals surface area contributed by atoms with Gasteiger partial charge in [-0.05, 0) is 36.4 Å². The van der Waals surface area contributed by atoms with Gasteiger partial charge in [-0.2, -0.15) is 5.26 Å². The molecule has 1 fully saturated rings. The Kier molecular flexibility index (Phi) is 5.39. The van der Waals surface area contributed by atoms with Crippen LogP contribution in [0.4, 0.5) is 17.1 Å². The molecule has 5 rings (SSSR count). The molecule has 0 atom stereocenters. The van der Waals surface area contributed by atoms with Crippen LogP contribution in [0.2, 0.25) is 0 Å². The summed E-state index contributed by atoms with van der Waals surface area (Å²) in [4.78, 5) is 9.60. The normalized spacial score (nSPS) is 14.6. The van der Waals surface area contributed by atoms with Crippen LogP contribution in [0, 0.1) is 11.3 Å². The average Bonchev–Trinajstić information content (AvgIpc) is 2.83. The molecule has 0 saturated carbocycles. The number of fused-ring (bicyclic) bond motifs is 2. The molecule has 1 aliphatic heterocycles. The molecule has 1 saturated heterocycles. The molecule has 3 aromatic carbocycles. The van der Waals surface area contributed by atoms with Crippen LogP contribution in [0.1, 0.15) is 6.42 Å². The maximum Gasteiger partial charge on any atom is 0.0730 e. The van der Waals surface area contributed by atoms with Gasteiger partial charge in [0.05, 0.1) is 22.8 Å². The molecule has 0 aliphatic carbocycles. The Bertz CT molecular complexity index is 1180. The highest BCUT2D eigenvalue weighted by atomic mass is 15.3. The monoisotopic (exact) mass is 407 g/mol. The van der Waals surface area contributed by atoms with Crippen LogP contribution in [-0.2, 0) is 0 Å². The SMILES string of the molecule is N#CCCN1CCN(c2ccc(Nc3c4ccccc4nc4ccccc34)cc2)CC1. The summed E-state index contributed by atoms with van der Waals surface area (Å²) >= 11 is 0. The number of nitrogens with one attached hydrogen (secondary N) is 1. The number of rotatable bonds is 5. The molecule has 2 heterocycles. The van der Waals surface area contributed by atoms with Crippen LogP contribution < -0.4 is 10.2 Å². The Balaban J connectivity index is 1.37. The third kappa shape index (κ3) is 4.03. The maximum atomic E-state index is 8.78. The van der Waals surface area contributed by atoms with Crippen LogP contribution in [0.25, 0.3) is 21.8 Å². The lowest BCUT2D eigenvalue weighted by Crippen LogP contribution is -2.46. The third-order valence-electron chi connectivity index (χ3n) is 6.00. The number of pyridine rings is 1.